The zero-order valence-corrected chi connectivity index (χ0v) is 16.4. The van der Waals surface area contributed by atoms with Crippen molar-refractivity contribution >= 4 is 38.5 Å². The third-order valence-electron chi connectivity index (χ3n) is 4.24. The molecule has 8 heteroatoms. The number of aromatic nitrogens is 1. The fourth-order valence-corrected chi connectivity index (χ4v) is 3.76. The molecule has 3 N–H and O–H groups in total. The van der Waals surface area contributed by atoms with Gasteiger partial charge >= 0.3 is 0 Å². The quantitative estimate of drug-likeness (QED) is 0.589. The van der Waals surface area contributed by atoms with Gasteiger partial charge in [0.1, 0.15) is 0 Å². The molecule has 2 amide bonds. The van der Waals surface area contributed by atoms with E-state index in [-0.39, 0.29) is 31.4 Å². The van der Waals surface area contributed by atoms with Crippen LogP contribution in [0, 0.1) is 0 Å². The van der Waals surface area contributed by atoms with Crippen molar-refractivity contribution in [3.8, 4) is 0 Å². The summed E-state index contributed by atoms with van der Waals surface area (Å²) in [6.07, 6.45) is 0.119. The van der Waals surface area contributed by atoms with Crippen molar-refractivity contribution in [2.24, 2.45) is 0 Å². The van der Waals surface area contributed by atoms with Gasteiger partial charge in [-0.2, -0.15) is 0 Å². The number of aliphatic hydroxyl groups excluding tert-OH is 2. The third kappa shape index (κ3) is 4.36. The van der Waals surface area contributed by atoms with Gasteiger partial charge in [-0.3, -0.25) is 9.59 Å². The van der Waals surface area contributed by atoms with Crippen LogP contribution < -0.4 is 5.32 Å². The number of thiazole rings is 1. The van der Waals surface area contributed by atoms with Crippen molar-refractivity contribution in [2.75, 3.05) is 19.4 Å². The maximum Gasteiger partial charge on any atom is 0.253 e. The zero-order chi connectivity index (χ0) is 20.3. The summed E-state index contributed by atoms with van der Waals surface area (Å²) >= 11 is 1.30. The monoisotopic (exact) mass is 399 g/mol. The number of hydrogen-bond donors (Lipinski definition) is 3. The minimum atomic E-state index is -0.238. The number of fused-ring (bicyclic) bond motifs is 1. The number of rotatable bonds is 6. The fourth-order valence-electron chi connectivity index (χ4n) is 2.83. The SMILES string of the molecule is CN(C)C(=O)c1cccc(CC(=O)Nc2nc3cc(CO)c(CO)cc3s2)c1. The first-order valence-corrected chi connectivity index (χ1v) is 9.47. The summed E-state index contributed by atoms with van der Waals surface area (Å²) < 4.78 is 0.815. The van der Waals surface area contributed by atoms with Crippen molar-refractivity contribution in [1.29, 1.82) is 0 Å². The molecule has 0 atom stereocenters. The smallest absolute Gasteiger partial charge is 0.253 e. The zero-order valence-electron chi connectivity index (χ0n) is 15.6. The van der Waals surface area contributed by atoms with Crippen molar-refractivity contribution in [1.82, 2.24) is 9.88 Å². The molecule has 146 valence electrons. The molecule has 1 aromatic heterocycles. The van der Waals surface area contributed by atoms with Crippen LogP contribution in [0.3, 0.4) is 0 Å². The maximum absolute atomic E-state index is 12.4. The van der Waals surface area contributed by atoms with Crippen LogP contribution in [-0.4, -0.2) is 46.0 Å². The summed E-state index contributed by atoms with van der Waals surface area (Å²) in [5.41, 5.74) is 3.17. The second-order valence-corrected chi connectivity index (χ2v) is 7.58. The van der Waals surface area contributed by atoms with Crippen LogP contribution in [0.15, 0.2) is 36.4 Å². The molecule has 1 heterocycles. The molecule has 7 nitrogen and oxygen atoms in total. The number of aliphatic hydroxyl groups is 2. The van der Waals surface area contributed by atoms with E-state index in [4.69, 9.17) is 0 Å². The van der Waals surface area contributed by atoms with Gasteiger partial charge in [0, 0.05) is 19.7 Å². The lowest BCUT2D eigenvalue weighted by molar-refractivity contribution is -0.115. The number of carbonyl (C=O) groups is 2. The molecule has 0 bridgehead atoms. The molecule has 0 radical (unpaired) electrons. The highest BCUT2D eigenvalue weighted by Crippen LogP contribution is 2.29. The predicted molar refractivity (Wildman–Crippen MR) is 108 cm³/mol. The Labute approximate surface area is 166 Å². The molecule has 0 fully saturated rings. The number of nitrogens with zero attached hydrogens (tertiary/aromatic N) is 2. The third-order valence-corrected chi connectivity index (χ3v) is 5.18. The summed E-state index contributed by atoms with van der Waals surface area (Å²) in [5, 5.41) is 22.0. The predicted octanol–water partition coefficient (Wildman–Crippen LogP) is 2.16. The number of nitrogens with one attached hydrogen (secondary N) is 1. The average Bonchev–Trinajstić information content (AvgIpc) is 3.06. The number of carbonyl (C=O) groups excluding carboxylic acids is 2. The van der Waals surface area contributed by atoms with Crippen molar-refractivity contribution in [3.63, 3.8) is 0 Å². The molecule has 0 saturated carbocycles. The van der Waals surface area contributed by atoms with E-state index in [1.165, 1.54) is 16.2 Å². The van der Waals surface area contributed by atoms with Crippen LogP contribution in [0.4, 0.5) is 5.13 Å². The van der Waals surface area contributed by atoms with E-state index in [0.29, 0.717) is 27.3 Å². The van der Waals surface area contributed by atoms with Crippen molar-refractivity contribution in [3.05, 3.63) is 58.7 Å². The highest BCUT2D eigenvalue weighted by molar-refractivity contribution is 7.22. The lowest BCUT2D eigenvalue weighted by atomic mass is 10.1. The van der Waals surface area contributed by atoms with E-state index >= 15 is 0 Å². The average molecular weight is 399 g/mol. The van der Waals surface area contributed by atoms with E-state index in [1.807, 2.05) is 0 Å². The highest BCUT2D eigenvalue weighted by atomic mass is 32.1. The molecule has 0 spiro atoms. The lowest BCUT2D eigenvalue weighted by Crippen LogP contribution is -2.22. The molecule has 0 saturated heterocycles. The standard InChI is InChI=1S/C20H21N3O4S/c1-23(2)19(27)13-5-3-4-12(6-13)7-18(26)22-20-21-16-8-14(10-24)15(11-25)9-17(16)28-20/h3-6,8-9,24-25H,7,10-11H2,1-2H3,(H,21,22,26). The van der Waals surface area contributed by atoms with Crippen molar-refractivity contribution in [2.45, 2.75) is 19.6 Å². The Kier molecular flexibility index (Phi) is 6.03. The van der Waals surface area contributed by atoms with Gasteiger partial charge in [0.15, 0.2) is 5.13 Å². The van der Waals surface area contributed by atoms with Gasteiger partial charge < -0.3 is 20.4 Å². The molecule has 28 heavy (non-hydrogen) atoms. The molecule has 3 aromatic rings. The first kappa shape index (κ1) is 19.9. The van der Waals surface area contributed by atoms with Crippen LogP contribution in [-0.2, 0) is 24.4 Å². The van der Waals surface area contributed by atoms with Crippen LogP contribution in [0.5, 0.6) is 0 Å². The van der Waals surface area contributed by atoms with Gasteiger partial charge in [-0.05, 0) is 41.0 Å². The van der Waals surface area contributed by atoms with Gasteiger partial charge in [-0.15, -0.1) is 0 Å². The number of amides is 2. The van der Waals surface area contributed by atoms with E-state index < -0.39 is 0 Å². The van der Waals surface area contributed by atoms with Gasteiger partial charge in [0.2, 0.25) is 5.91 Å². The summed E-state index contributed by atoms with van der Waals surface area (Å²) in [4.78, 5) is 30.3. The molecule has 3 rings (SSSR count). The molecule has 0 aliphatic heterocycles. The molecule has 0 unspecified atom stereocenters. The Morgan fingerprint density at radius 1 is 1.11 bits per heavy atom. The Bertz CT molecular complexity index is 988. The molecule has 0 aliphatic rings. The van der Waals surface area contributed by atoms with Gasteiger partial charge in [0.05, 0.1) is 29.9 Å². The van der Waals surface area contributed by atoms with E-state index in [9.17, 15) is 19.8 Å². The van der Waals surface area contributed by atoms with Gasteiger partial charge in [-0.1, -0.05) is 23.5 Å². The normalized spacial score (nSPS) is 10.9. The van der Waals surface area contributed by atoms with Crippen molar-refractivity contribution < 1.29 is 19.8 Å². The minimum absolute atomic E-state index is 0.118. The molecule has 0 aliphatic carbocycles. The number of benzene rings is 2. The van der Waals surface area contributed by atoms with E-state index in [2.05, 4.69) is 10.3 Å². The minimum Gasteiger partial charge on any atom is -0.392 e. The number of hydrogen-bond acceptors (Lipinski definition) is 6. The van der Waals surface area contributed by atoms with Gasteiger partial charge in [-0.25, -0.2) is 4.98 Å². The maximum atomic E-state index is 12.4. The topological polar surface area (TPSA) is 103 Å². The largest absolute Gasteiger partial charge is 0.392 e. The van der Waals surface area contributed by atoms with E-state index in [0.717, 1.165) is 10.3 Å². The summed E-state index contributed by atoms with van der Waals surface area (Å²) in [6.45, 7) is -0.361. The van der Waals surface area contributed by atoms with E-state index in [1.54, 1.807) is 50.5 Å². The highest BCUT2D eigenvalue weighted by Gasteiger charge is 2.13. The summed E-state index contributed by atoms with van der Waals surface area (Å²) in [7, 11) is 3.36. The van der Waals surface area contributed by atoms with Crippen LogP contribution in [0.1, 0.15) is 27.0 Å². The molecule has 2 aromatic carbocycles. The molecular formula is C20H21N3O4S. The van der Waals surface area contributed by atoms with Crippen LogP contribution in [0.25, 0.3) is 10.2 Å². The second kappa shape index (κ2) is 8.47. The summed E-state index contributed by atoms with van der Waals surface area (Å²) in [6, 6.07) is 10.5. The Hall–Kier alpha value is -2.81. The Balaban J connectivity index is 1.75. The van der Waals surface area contributed by atoms with Gasteiger partial charge in [0.25, 0.3) is 5.91 Å². The lowest BCUT2D eigenvalue weighted by Gasteiger charge is -2.11. The second-order valence-electron chi connectivity index (χ2n) is 6.55. The van der Waals surface area contributed by atoms with Crippen LogP contribution in [0.2, 0.25) is 0 Å². The Morgan fingerprint density at radius 2 is 1.82 bits per heavy atom. The number of anilines is 1. The Morgan fingerprint density at radius 3 is 2.50 bits per heavy atom. The fraction of sp³-hybridized carbons (Fsp3) is 0.250. The first-order valence-electron chi connectivity index (χ1n) is 8.65. The van der Waals surface area contributed by atoms with Crippen LogP contribution >= 0.6 is 11.3 Å². The molecular weight excluding hydrogens is 378 g/mol. The summed E-state index contributed by atoms with van der Waals surface area (Å²) in [5.74, 6) is -0.355. The first-order chi connectivity index (χ1) is 13.4.